The Morgan fingerprint density at radius 1 is 1.40 bits per heavy atom. The zero-order valence-corrected chi connectivity index (χ0v) is 7.34. The van der Waals surface area contributed by atoms with E-state index >= 15 is 0 Å². The highest BCUT2D eigenvalue weighted by atomic mass is 35.5. The van der Waals surface area contributed by atoms with Crippen LogP contribution in [0.25, 0.3) is 0 Å². The molecule has 0 heterocycles. The molecule has 0 fully saturated rings. The van der Waals surface area contributed by atoms with E-state index in [0.29, 0.717) is 0 Å². The zero-order valence-electron chi connectivity index (χ0n) is 4.89. The largest absolute Gasteiger partial charge is 0.480 e. The van der Waals surface area contributed by atoms with Crippen LogP contribution < -0.4 is 5.73 Å². The van der Waals surface area contributed by atoms with Crippen LogP contribution in [0.3, 0.4) is 0 Å². The minimum atomic E-state index is -1.18. The fourth-order valence-electron chi connectivity index (χ4n) is 0.0781. The van der Waals surface area contributed by atoms with Gasteiger partial charge < -0.3 is 15.9 Å². The van der Waals surface area contributed by atoms with Crippen LogP contribution in [0.2, 0.25) is 0 Å². The number of carbonyl (C=O) groups is 1. The van der Waals surface area contributed by atoms with E-state index < -0.39 is 18.6 Å². The van der Waals surface area contributed by atoms with Gasteiger partial charge >= 0.3 is 5.97 Å². The van der Waals surface area contributed by atoms with Crippen molar-refractivity contribution in [2.75, 3.05) is 6.61 Å². The summed E-state index contributed by atoms with van der Waals surface area (Å²) in [7, 11) is 0. The molecule has 4 nitrogen and oxygen atoms in total. The van der Waals surface area contributed by atoms with Gasteiger partial charge in [0.05, 0.1) is 6.61 Å². The second-order valence-electron chi connectivity index (χ2n) is 1.13. The van der Waals surface area contributed by atoms with Crippen molar-refractivity contribution in [3.8, 4) is 0 Å². The fraction of sp³-hybridized carbons (Fsp3) is 0.667. The van der Waals surface area contributed by atoms with Crippen LogP contribution in [-0.4, -0.2) is 28.8 Å². The third-order valence-corrected chi connectivity index (χ3v) is 0.514. The van der Waals surface area contributed by atoms with Gasteiger partial charge in [-0.1, -0.05) is 0 Å². The average molecular weight is 214 g/mol. The van der Waals surface area contributed by atoms with Gasteiger partial charge in [-0.2, -0.15) is 0 Å². The number of halogens is 3. The predicted molar refractivity (Wildman–Crippen MR) is 44.4 cm³/mol. The van der Waals surface area contributed by atoms with Gasteiger partial charge in [0.25, 0.3) is 0 Å². The standard InChI is InChI=1S/C3H7NO3.3ClH/c4-2(1-5)3(6)7;;;/h2,5H,1,4H2,(H,6,7);3*1H/t2-;;;/m0.../s1. The molecule has 0 saturated carbocycles. The first-order valence-electron chi connectivity index (χ1n) is 1.77. The minimum Gasteiger partial charge on any atom is -0.480 e. The maximum absolute atomic E-state index is 9.65. The molecule has 0 aliphatic carbocycles. The first-order valence-corrected chi connectivity index (χ1v) is 1.77. The molecule has 7 heteroatoms. The summed E-state index contributed by atoms with van der Waals surface area (Å²) in [4.78, 5) is 9.65. The maximum atomic E-state index is 9.65. The van der Waals surface area contributed by atoms with E-state index in [2.05, 4.69) is 0 Å². The molecule has 0 amide bonds. The molecule has 0 rings (SSSR count). The van der Waals surface area contributed by atoms with Crippen molar-refractivity contribution in [1.29, 1.82) is 0 Å². The Kier molecular flexibility index (Phi) is 26.9. The summed E-state index contributed by atoms with van der Waals surface area (Å²) in [6.45, 7) is -0.505. The highest BCUT2D eigenvalue weighted by molar-refractivity contribution is 5.86. The van der Waals surface area contributed by atoms with Gasteiger partial charge in [0, 0.05) is 0 Å². The van der Waals surface area contributed by atoms with Crippen molar-refractivity contribution in [3.05, 3.63) is 0 Å². The SMILES string of the molecule is Cl.Cl.Cl.N[C@@H](CO)C(=O)O. The molecule has 0 aliphatic heterocycles. The van der Waals surface area contributed by atoms with Gasteiger partial charge in [0.2, 0.25) is 0 Å². The summed E-state index contributed by atoms with van der Waals surface area (Å²) >= 11 is 0. The van der Waals surface area contributed by atoms with Gasteiger partial charge in [-0.05, 0) is 0 Å². The summed E-state index contributed by atoms with van der Waals surface area (Å²) in [6.07, 6.45) is 0. The Balaban J connectivity index is -0.0000000600. The lowest BCUT2D eigenvalue weighted by Crippen LogP contribution is -2.33. The molecule has 0 radical (unpaired) electrons. The Hall–Kier alpha value is 0.260. The second-order valence-corrected chi connectivity index (χ2v) is 1.13. The molecule has 10 heavy (non-hydrogen) atoms. The lowest BCUT2D eigenvalue weighted by molar-refractivity contribution is -0.139. The molecule has 0 unspecified atom stereocenters. The lowest BCUT2D eigenvalue weighted by atomic mass is 10.3. The number of hydrogen-bond acceptors (Lipinski definition) is 3. The van der Waals surface area contributed by atoms with E-state index in [9.17, 15) is 4.79 Å². The number of aliphatic carboxylic acids is 1. The molecular weight excluding hydrogens is 204 g/mol. The van der Waals surface area contributed by atoms with Crippen LogP contribution in [0.5, 0.6) is 0 Å². The van der Waals surface area contributed by atoms with E-state index in [0.717, 1.165) is 0 Å². The molecule has 0 aromatic heterocycles. The summed E-state index contributed by atoms with van der Waals surface area (Å²) < 4.78 is 0. The van der Waals surface area contributed by atoms with E-state index in [4.69, 9.17) is 15.9 Å². The molecule has 0 aromatic carbocycles. The van der Waals surface area contributed by atoms with Crippen molar-refractivity contribution >= 4 is 43.2 Å². The number of aliphatic hydroxyl groups is 1. The molecule has 0 aromatic rings. The summed E-state index contributed by atoms with van der Waals surface area (Å²) in [5.74, 6) is -1.18. The molecule has 4 N–H and O–H groups in total. The molecule has 0 saturated heterocycles. The number of rotatable bonds is 2. The van der Waals surface area contributed by atoms with E-state index in [-0.39, 0.29) is 37.2 Å². The van der Waals surface area contributed by atoms with Crippen LogP contribution in [0, 0.1) is 0 Å². The first kappa shape index (κ1) is 22.5. The molecule has 0 bridgehead atoms. The van der Waals surface area contributed by atoms with E-state index in [1.165, 1.54) is 0 Å². The maximum Gasteiger partial charge on any atom is 0.322 e. The normalized spacial score (nSPS) is 9.40. The van der Waals surface area contributed by atoms with Gasteiger partial charge in [-0.15, -0.1) is 37.2 Å². The summed E-state index contributed by atoms with van der Waals surface area (Å²) in [5, 5.41) is 15.9. The van der Waals surface area contributed by atoms with E-state index in [1.807, 2.05) is 0 Å². The number of carboxylic acid groups (broad SMARTS) is 1. The Labute approximate surface area is 77.0 Å². The monoisotopic (exact) mass is 213 g/mol. The second kappa shape index (κ2) is 12.0. The molecule has 66 valence electrons. The Morgan fingerprint density at radius 3 is 1.70 bits per heavy atom. The lowest BCUT2D eigenvalue weighted by Gasteiger charge is -1.96. The van der Waals surface area contributed by atoms with E-state index in [1.54, 1.807) is 0 Å². The predicted octanol–water partition coefficient (Wildman–Crippen LogP) is -0.344. The summed E-state index contributed by atoms with van der Waals surface area (Å²) in [5.41, 5.74) is 4.77. The van der Waals surface area contributed by atoms with Gasteiger partial charge in [0.1, 0.15) is 6.04 Å². The van der Waals surface area contributed by atoms with Crippen molar-refractivity contribution in [2.45, 2.75) is 6.04 Å². The number of hydrogen-bond donors (Lipinski definition) is 3. The molecular formula is C3H10Cl3NO3. The van der Waals surface area contributed by atoms with Crippen molar-refractivity contribution in [3.63, 3.8) is 0 Å². The van der Waals surface area contributed by atoms with Crippen LogP contribution in [0.1, 0.15) is 0 Å². The topological polar surface area (TPSA) is 83.5 Å². The average Bonchev–Trinajstić information content (AvgIpc) is 1.65. The fourth-order valence-corrected chi connectivity index (χ4v) is 0.0781. The zero-order chi connectivity index (χ0) is 5.86. The summed E-state index contributed by atoms with van der Waals surface area (Å²) in [6, 6.07) is -1.13. The van der Waals surface area contributed by atoms with Crippen molar-refractivity contribution in [2.24, 2.45) is 5.73 Å². The quantitative estimate of drug-likeness (QED) is 0.587. The third-order valence-electron chi connectivity index (χ3n) is 0.514. The molecule has 0 spiro atoms. The Morgan fingerprint density at radius 2 is 1.70 bits per heavy atom. The third kappa shape index (κ3) is 11.1. The van der Waals surface area contributed by atoms with Gasteiger partial charge in [0.15, 0.2) is 0 Å². The van der Waals surface area contributed by atoms with Crippen LogP contribution >= 0.6 is 37.2 Å². The first-order chi connectivity index (χ1) is 3.18. The number of carboxylic acids is 1. The smallest absolute Gasteiger partial charge is 0.322 e. The van der Waals surface area contributed by atoms with Gasteiger partial charge in [-0.25, -0.2) is 0 Å². The highest BCUT2D eigenvalue weighted by Crippen LogP contribution is 1.71. The Bertz CT molecular complexity index is 81.4. The number of nitrogens with two attached hydrogens (primary N) is 1. The van der Waals surface area contributed by atoms with Crippen molar-refractivity contribution in [1.82, 2.24) is 0 Å². The molecule has 0 aliphatic rings. The van der Waals surface area contributed by atoms with Crippen LogP contribution in [0.15, 0.2) is 0 Å². The number of aliphatic hydroxyl groups excluding tert-OH is 1. The molecule has 1 atom stereocenters. The highest BCUT2D eigenvalue weighted by Gasteiger charge is 2.06. The van der Waals surface area contributed by atoms with Crippen molar-refractivity contribution < 1.29 is 15.0 Å². The van der Waals surface area contributed by atoms with Crippen LogP contribution in [-0.2, 0) is 4.79 Å². The van der Waals surface area contributed by atoms with Crippen LogP contribution in [0.4, 0.5) is 0 Å². The minimum absolute atomic E-state index is 0. The van der Waals surface area contributed by atoms with Gasteiger partial charge in [-0.3, -0.25) is 4.79 Å².